The molecular formula is C59H104O6. The minimum Gasteiger partial charge on any atom is -0.462 e. The molecule has 1 atom stereocenters. The Morgan fingerprint density at radius 1 is 0.323 bits per heavy atom. The van der Waals surface area contributed by atoms with Gasteiger partial charge < -0.3 is 14.2 Å². The minimum absolute atomic E-state index is 0.0913. The van der Waals surface area contributed by atoms with Gasteiger partial charge in [-0.25, -0.2) is 0 Å². The predicted octanol–water partition coefficient (Wildman–Crippen LogP) is 18.4. The molecule has 0 N–H and O–H groups in total. The van der Waals surface area contributed by atoms with Crippen LogP contribution in [0.1, 0.15) is 278 Å². The zero-order chi connectivity index (χ0) is 47.2. The van der Waals surface area contributed by atoms with Crippen molar-refractivity contribution in [2.24, 2.45) is 0 Å². The molecule has 376 valence electrons. The molecule has 0 aliphatic carbocycles. The largest absolute Gasteiger partial charge is 0.462 e. The van der Waals surface area contributed by atoms with Gasteiger partial charge in [-0.2, -0.15) is 0 Å². The molecule has 0 saturated carbocycles. The van der Waals surface area contributed by atoms with Crippen LogP contribution in [0.15, 0.2) is 60.8 Å². The summed E-state index contributed by atoms with van der Waals surface area (Å²) < 4.78 is 16.8. The third-order valence-electron chi connectivity index (χ3n) is 12.0. The maximum absolute atomic E-state index is 12.8. The molecule has 0 fully saturated rings. The maximum atomic E-state index is 12.8. The molecule has 0 heterocycles. The average Bonchev–Trinajstić information content (AvgIpc) is 3.30. The summed E-state index contributed by atoms with van der Waals surface area (Å²) in [4.78, 5) is 38.0. The normalized spacial score (nSPS) is 12.5. The number of hydrogen-bond donors (Lipinski definition) is 0. The van der Waals surface area contributed by atoms with Crippen molar-refractivity contribution in [3.63, 3.8) is 0 Å². The summed E-state index contributed by atoms with van der Waals surface area (Å²) in [5, 5.41) is 0. The van der Waals surface area contributed by atoms with Gasteiger partial charge in [-0.05, 0) is 77.0 Å². The van der Waals surface area contributed by atoms with Gasteiger partial charge in [0.15, 0.2) is 6.10 Å². The van der Waals surface area contributed by atoms with E-state index in [0.29, 0.717) is 19.3 Å². The van der Waals surface area contributed by atoms with E-state index in [9.17, 15) is 14.4 Å². The van der Waals surface area contributed by atoms with Crippen molar-refractivity contribution in [1.29, 1.82) is 0 Å². The summed E-state index contributed by atoms with van der Waals surface area (Å²) in [5.41, 5.74) is 0. The van der Waals surface area contributed by atoms with E-state index < -0.39 is 6.10 Å². The average molecular weight is 909 g/mol. The van der Waals surface area contributed by atoms with E-state index in [1.807, 2.05) is 0 Å². The predicted molar refractivity (Wildman–Crippen MR) is 279 cm³/mol. The molecule has 0 radical (unpaired) electrons. The van der Waals surface area contributed by atoms with E-state index in [2.05, 4.69) is 81.5 Å². The molecule has 0 amide bonds. The van der Waals surface area contributed by atoms with Gasteiger partial charge in [0.1, 0.15) is 13.2 Å². The molecule has 6 nitrogen and oxygen atoms in total. The van der Waals surface area contributed by atoms with Crippen molar-refractivity contribution >= 4 is 17.9 Å². The fraction of sp³-hybridized carbons (Fsp3) is 0.780. The molecule has 6 heteroatoms. The van der Waals surface area contributed by atoms with Gasteiger partial charge in [-0.1, -0.05) is 242 Å². The first-order valence-electron chi connectivity index (χ1n) is 27.8. The van der Waals surface area contributed by atoms with Gasteiger partial charge in [0.25, 0.3) is 0 Å². The molecule has 0 aromatic carbocycles. The fourth-order valence-electron chi connectivity index (χ4n) is 7.83. The summed E-state index contributed by atoms with van der Waals surface area (Å²) >= 11 is 0. The number of unbranched alkanes of at least 4 members (excludes halogenated alkanes) is 29. The topological polar surface area (TPSA) is 78.9 Å². The first-order chi connectivity index (χ1) is 32.0. The molecule has 0 rings (SSSR count). The van der Waals surface area contributed by atoms with Crippen molar-refractivity contribution in [2.45, 2.75) is 284 Å². The maximum Gasteiger partial charge on any atom is 0.306 e. The van der Waals surface area contributed by atoms with Gasteiger partial charge in [0, 0.05) is 19.3 Å². The molecule has 0 aromatic heterocycles. The number of rotatable bonds is 50. The summed E-state index contributed by atoms with van der Waals surface area (Å²) in [6, 6.07) is 0. The van der Waals surface area contributed by atoms with E-state index in [4.69, 9.17) is 14.2 Å². The van der Waals surface area contributed by atoms with Crippen molar-refractivity contribution in [2.75, 3.05) is 13.2 Å². The van der Waals surface area contributed by atoms with Gasteiger partial charge >= 0.3 is 17.9 Å². The number of hydrogen-bond acceptors (Lipinski definition) is 6. The Balaban J connectivity index is 4.32. The first kappa shape index (κ1) is 62.1. The third-order valence-corrected chi connectivity index (χ3v) is 12.0. The third kappa shape index (κ3) is 51.9. The first-order valence-corrected chi connectivity index (χ1v) is 27.8. The van der Waals surface area contributed by atoms with E-state index in [1.165, 1.54) is 148 Å². The van der Waals surface area contributed by atoms with Crippen molar-refractivity contribution in [3.8, 4) is 0 Å². The number of allylic oxidation sites excluding steroid dienone is 10. The zero-order valence-electron chi connectivity index (χ0n) is 43.0. The number of esters is 3. The molecule has 0 spiro atoms. The molecule has 65 heavy (non-hydrogen) atoms. The monoisotopic (exact) mass is 909 g/mol. The van der Waals surface area contributed by atoms with Crippen LogP contribution >= 0.6 is 0 Å². The molecule has 0 saturated heterocycles. The smallest absolute Gasteiger partial charge is 0.306 e. The zero-order valence-corrected chi connectivity index (χ0v) is 43.0. The second kappa shape index (κ2) is 53.7. The van der Waals surface area contributed by atoms with E-state index in [-0.39, 0.29) is 37.5 Å². The van der Waals surface area contributed by atoms with Crippen LogP contribution in [0.4, 0.5) is 0 Å². The van der Waals surface area contributed by atoms with Gasteiger partial charge in [-0.15, -0.1) is 0 Å². The SMILES string of the molecule is CC/C=C\C/C=C\C/C=C\C/C=C\CCCCC(=O)OC(COC(=O)CCCCCCC/C=C\CCCC)COC(=O)CCCCCCCCCCCCCCCCCCCCCCC. The minimum atomic E-state index is -0.796. The van der Waals surface area contributed by atoms with Crippen LogP contribution in [-0.4, -0.2) is 37.2 Å². The lowest BCUT2D eigenvalue weighted by Gasteiger charge is -2.18. The lowest BCUT2D eigenvalue weighted by atomic mass is 10.0. The highest BCUT2D eigenvalue weighted by molar-refractivity contribution is 5.71. The quantitative estimate of drug-likeness (QED) is 0.0262. The van der Waals surface area contributed by atoms with Gasteiger partial charge in [-0.3, -0.25) is 14.4 Å². The molecule has 0 aliphatic rings. The number of carbonyl (C=O) groups is 3. The standard InChI is InChI=1S/C59H104O6/c1-4-7-10-13-16-19-22-24-26-27-28-29-30-31-33-34-37-40-43-46-49-52-58(61)64-55-56(54-63-57(60)51-48-45-42-39-36-21-18-15-12-9-6-3)65-59(62)53-50-47-44-41-38-35-32-25-23-20-17-14-11-8-5-2/h8,11,15,17-18,20,25,32,38,41,56H,4-7,9-10,12-14,16,19,21-24,26-31,33-37,39-40,42-55H2,1-3H3/b11-8-,18-15-,20-17-,32-25-,41-38-. The van der Waals surface area contributed by atoms with Crippen LogP contribution in [0.25, 0.3) is 0 Å². The van der Waals surface area contributed by atoms with Crippen LogP contribution in [0.2, 0.25) is 0 Å². The van der Waals surface area contributed by atoms with Crippen LogP contribution in [0.5, 0.6) is 0 Å². The highest BCUT2D eigenvalue weighted by atomic mass is 16.6. The molecule has 0 aromatic rings. The summed E-state index contributed by atoms with van der Waals surface area (Å²) in [6.07, 6.45) is 66.5. The Kier molecular flexibility index (Phi) is 51.3. The second-order valence-corrected chi connectivity index (χ2v) is 18.5. The Hall–Kier alpha value is -2.89. The van der Waals surface area contributed by atoms with Gasteiger partial charge in [0.05, 0.1) is 0 Å². The summed E-state index contributed by atoms with van der Waals surface area (Å²) in [7, 11) is 0. The molecule has 0 bridgehead atoms. The molecule has 1 unspecified atom stereocenters. The Morgan fingerprint density at radius 3 is 1.03 bits per heavy atom. The van der Waals surface area contributed by atoms with E-state index >= 15 is 0 Å². The lowest BCUT2D eigenvalue weighted by molar-refractivity contribution is -0.167. The van der Waals surface area contributed by atoms with Crippen LogP contribution in [0.3, 0.4) is 0 Å². The van der Waals surface area contributed by atoms with E-state index in [0.717, 1.165) is 83.5 Å². The van der Waals surface area contributed by atoms with Crippen LogP contribution in [-0.2, 0) is 28.6 Å². The van der Waals surface area contributed by atoms with Gasteiger partial charge in [0.2, 0.25) is 0 Å². The lowest BCUT2D eigenvalue weighted by Crippen LogP contribution is -2.30. The summed E-state index contributed by atoms with van der Waals surface area (Å²) in [5.74, 6) is -0.935. The molecular weight excluding hydrogens is 805 g/mol. The number of ether oxygens (including phenoxy) is 3. The summed E-state index contributed by atoms with van der Waals surface area (Å²) in [6.45, 7) is 6.47. The highest BCUT2D eigenvalue weighted by Crippen LogP contribution is 2.16. The molecule has 0 aliphatic heterocycles. The van der Waals surface area contributed by atoms with E-state index in [1.54, 1.807) is 0 Å². The Bertz CT molecular complexity index is 1180. The fourth-order valence-corrected chi connectivity index (χ4v) is 7.83. The van der Waals surface area contributed by atoms with Crippen molar-refractivity contribution < 1.29 is 28.6 Å². The highest BCUT2D eigenvalue weighted by Gasteiger charge is 2.19. The van der Waals surface area contributed by atoms with Crippen LogP contribution < -0.4 is 0 Å². The number of carbonyl (C=O) groups excluding carboxylic acids is 3. The van der Waals surface area contributed by atoms with Crippen LogP contribution in [0, 0.1) is 0 Å². The Morgan fingerprint density at radius 2 is 0.615 bits per heavy atom. The second-order valence-electron chi connectivity index (χ2n) is 18.5. The Labute approximate surface area is 402 Å². The van der Waals surface area contributed by atoms with Crippen molar-refractivity contribution in [3.05, 3.63) is 60.8 Å². The van der Waals surface area contributed by atoms with Crippen molar-refractivity contribution in [1.82, 2.24) is 0 Å².